The first-order valence-corrected chi connectivity index (χ1v) is 7.32. The molecular formula is C15H19N5O. The number of likely N-dealkylation sites (tertiary alicyclic amines) is 1. The predicted molar refractivity (Wildman–Crippen MR) is 78.3 cm³/mol. The van der Waals surface area contributed by atoms with E-state index in [-0.39, 0.29) is 11.9 Å². The van der Waals surface area contributed by atoms with Gasteiger partial charge in [-0.05, 0) is 25.8 Å². The monoisotopic (exact) mass is 285 g/mol. The summed E-state index contributed by atoms with van der Waals surface area (Å²) in [5.74, 6) is 0.0955. The number of carbonyl (C=O) groups excluding carboxylic acids is 1. The number of aromatic nitrogens is 4. The maximum atomic E-state index is 11.8. The summed E-state index contributed by atoms with van der Waals surface area (Å²) in [6.45, 7) is 5.23. The maximum Gasteiger partial charge on any atom is 0.220 e. The van der Waals surface area contributed by atoms with E-state index in [1.165, 1.54) is 0 Å². The van der Waals surface area contributed by atoms with E-state index in [0.717, 1.165) is 43.0 Å². The molecule has 1 atom stereocenters. The first-order valence-electron chi connectivity index (χ1n) is 7.32. The van der Waals surface area contributed by atoms with Crippen LogP contribution in [0.25, 0.3) is 11.4 Å². The second-order valence-corrected chi connectivity index (χ2v) is 5.19. The molecule has 0 N–H and O–H groups in total. The van der Waals surface area contributed by atoms with E-state index in [9.17, 15) is 4.79 Å². The Morgan fingerprint density at radius 1 is 1.33 bits per heavy atom. The molecule has 0 aromatic carbocycles. The highest BCUT2D eigenvalue weighted by atomic mass is 16.2. The summed E-state index contributed by atoms with van der Waals surface area (Å²) in [5, 5.41) is 4.30. The molecule has 1 aliphatic heterocycles. The summed E-state index contributed by atoms with van der Waals surface area (Å²) >= 11 is 0. The Morgan fingerprint density at radius 3 is 2.90 bits per heavy atom. The molecule has 1 saturated heterocycles. The van der Waals surface area contributed by atoms with Crippen LogP contribution in [0, 0.1) is 0 Å². The lowest BCUT2D eigenvalue weighted by molar-refractivity contribution is -0.129. The Kier molecular flexibility index (Phi) is 3.68. The van der Waals surface area contributed by atoms with Crippen molar-refractivity contribution in [1.82, 2.24) is 24.6 Å². The van der Waals surface area contributed by atoms with E-state index in [1.807, 2.05) is 22.6 Å². The third-order valence-corrected chi connectivity index (χ3v) is 3.96. The molecule has 0 bridgehead atoms. The third-order valence-electron chi connectivity index (χ3n) is 3.96. The minimum atomic E-state index is 0.0198. The zero-order valence-electron chi connectivity index (χ0n) is 12.4. The van der Waals surface area contributed by atoms with Crippen LogP contribution in [0.2, 0.25) is 0 Å². The highest BCUT2D eigenvalue weighted by Crippen LogP contribution is 2.35. The van der Waals surface area contributed by atoms with Crippen molar-refractivity contribution in [3.63, 3.8) is 0 Å². The lowest BCUT2D eigenvalue weighted by Crippen LogP contribution is -2.29. The molecular weight excluding hydrogens is 266 g/mol. The first kappa shape index (κ1) is 13.7. The smallest absolute Gasteiger partial charge is 0.220 e. The number of nitrogens with zero attached hydrogens (tertiary/aromatic N) is 5. The maximum absolute atomic E-state index is 11.8. The van der Waals surface area contributed by atoms with Gasteiger partial charge in [-0.2, -0.15) is 5.10 Å². The van der Waals surface area contributed by atoms with Gasteiger partial charge in [0.2, 0.25) is 5.91 Å². The summed E-state index contributed by atoms with van der Waals surface area (Å²) in [6, 6.07) is 1.97. The number of rotatable bonds is 3. The molecule has 2 aromatic rings. The van der Waals surface area contributed by atoms with Gasteiger partial charge in [-0.3, -0.25) is 19.4 Å². The van der Waals surface area contributed by atoms with E-state index in [2.05, 4.69) is 15.1 Å². The lowest BCUT2D eigenvalue weighted by Gasteiger charge is -2.24. The minimum Gasteiger partial charge on any atom is -0.334 e. The van der Waals surface area contributed by atoms with Crippen LogP contribution in [0.15, 0.2) is 24.7 Å². The standard InChI is InChI=1S/C15H19N5O/c1-3-20-13(6-7-18-20)15-14(16-8-9-17-15)12-5-4-10-19(12)11(2)21/h6-9,12H,3-5,10H2,1-2H3. The summed E-state index contributed by atoms with van der Waals surface area (Å²) in [4.78, 5) is 22.7. The molecule has 110 valence electrons. The van der Waals surface area contributed by atoms with E-state index in [0.29, 0.717) is 0 Å². The number of amides is 1. The SMILES string of the molecule is CCn1nccc1-c1nccnc1C1CCCN1C(C)=O. The number of hydrogen-bond donors (Lipinski definition) is 0. The zero-order valence-corrected chi connectivity index (χ0v) is 12.4. The van der Waals surface area contributed by atoms with Crippen molar-refractivity contribution >= 4 is 5.91 Å². The normalized spacial score (nSPS) is 18.2. The summed E-state index contributed by atoms with van der Waals surface area (Å²) < 4.78 is 1.90. The number of aryl methyl sites for hydroxylation is 1. The van der Waals surface area contributed by atoms with Crippen molar-refractivity contribution in [2.24, 2.45) is 0 Å². The van der Waals surface area contributed by atoms with Gasteiger partial charge in [-0.15, -0.1) is 0 Å². The number of hydrogen-bond acceptors (Lipinski definition) is 4. The van der Waals surface area contributed by atoms with Gasteiger partial charge in [0.15, 0.2) is 0 Å². The fourth-order valence-electron chi connectivity index (χ4n) is 3.00. The molecule has 1 amide bonds. The molecule has 1 aliphatic rings. The molecule has 6 heteroatoms. The Labute approximate surface area is 123 Å². The Morgan fingerprint density at radius 2 is 2.14 bits per heavy atom. The molecule has 1 fully saturated rings. The van der Waals surface area contributed by atoms with Gasteiger partial charge in [0.05, 0.1) is 17.4 Å². The van der Waals surface area contributed by atoms with Gasteiger partial charge in [-0.1, -0.05) is 0 Å². The van der Waals surface area contributed by atoms with Crippen LogP contribution in [-0.4, -0.2) is 37.1 Å². The second-order valence-electron chi connectivity index (χ2n) is 5.19. The van der Waals surface area contributed by atoms with Crippen LogP contribution in [0.5, 0.6) is 0 Å². The van der Waals surface area contributed by atoms with Gasteiger partial charge in [0.25, 0.3) is 0 Å². The van der Waals surface area contributed by atoms with Crippen molar-refractivity contribution in [3.05, 3.63) is 30.4 Å². The Bertz CT molecular complexity index is 651. The van der Waals surface area contributed by atoms with Crippen molar-refractivity contribution in [1.29, 1.82) is 0 Å². The second kappa shape index (κ2) is 5.63. The van der Waals surface area contributed by atoms with E-state index < -0.39 is 0 Å². The predicted octanol–water partition coefficient (Wildman–Crippen LogP) is 2.04. The Hall–Kier alpha value is -2.24. The van der Waals surface area contributed by atoms with Gasteiger partial charge in [0, 0.05) is 38.6 Å². The average molecular weight is 285 g/mol. The van der Waals surface area contributed by atoms with E-state index >= 15 is 0 Å². The first-order chi connectivity index (χ1) is 10.2. The van der Waals surface area contributed by atoms with Crippen LogP contribution in [0.4, 0.5) is 0 Å². The van der Waals surface area contributed by atoms with Crippen LogP contribution in [0.3, 0.4) is 0 Å². The van der Waals surface area contributed by atoms with Crippen LogP contribution >= 0.6 is 0 Å². The minimum absolute atomic E-state index is 0.0198. The van der Waals surface area contributed by atoms with E-state index in [1.54, 1.807) is 25.5 Å². The highest BCUT2D eigenvalue weighted by molar-refractivity contribution is 5.74. The molecule has 1 unspecified atom stereocenters. The molecule has 0 aliphatic carbocycles. The van der Waals surface area contributed by atoms with Crippen molar-refractivity contribution in [2.75, 3.05) is 6.54 Å². The van der Waals surface area contributed by atoms with Crippen LogP contribution in [0.1, 0.15) is 38.4 Å². The zero-order chi connectivity index (χ0) is 14.8. The van der Waals surface area contributed by atoms with E-state index in [4.69, 9.17) is 0 Å². The van der Waals surface area contributed by atoms with Gasteiger partial charge in [0.1, 0.15) is 5.69 Å². The summed E-state index contributed by atoms with van der Waals surface area (Å²) in [7, 11) is 0. The fourth-order valence-corrected chi connectivity index (χ4v) is 3.00. The van der Waals surface area contributed by atoms with Crippen LogP contribution in [-0.2, 0) is 11.3 Å². The quantitative estimate of drug-likeness (QED) is 0.865. The highest BCUT2D eigenvalue weighted by Gasteiger charge is 2.31. The summed E-state index contributed by atoms with van der Waals surface area (Å²) in [6.07, 6.45) is 7.11. The molecule has 6 nitrogen and oxygen atoms in total. The van der Waals surface area contributed by atoms with Crippen molar-refractivity contribution in [2.45, 2.75) is 39.3 Å². The molecule has 21 heavy (non-hydrogen) atoms. The van der Waals surface area contributed by atoms with Crippen molar-refractivity contribution < 1.29 is 4.79 Å². The number of carbonyl (C=O) groups is 1. The van der Waals surface area contributed by atoms with Gasteiger partial charge in [-0.25, -0.2) is 0 Å². The third kappa shape index (κ3) is 2.41. The molecule has 0 spiro atoms. The van der Waals surface area contributed by atoms with Crippen molar-refractivity contribution in [3.8, 4) is 11.4 Å². The fraction of sp³-hybridized carbons (Fsp3) is 0.467. The van der Waals surface area contributed by atoms with Crippen LogP contribution < -0.4 is 0 Å². The molecule has 0 radical (unpaired) electrons. The Balaban J connectivity index is 2.06. The molecule has 3 rings (SSSR count). The molecule has 3 heterocycles. The van der Waals surface area contributed by atoms with Gasteiger partial charge < -0.3 is 4.90 Å². The topological polar surface area (TPSA) is 63.9 Å². The van der Waals surface area contributed by atoms with Gasteiger partial charge >= 0.3 is 0 Å². The summed E-state index contributed by atoms with van der Waals surface area (Å²) in [5.41, 5.74) is 2.66. The lowest BCUT2D eigenvalue weighted by atomic mass is 10.1. The largest absolute Gasteiger partial charge is 0.334 e. The molecule has 2 aromatic heterocycles. The molecule has 0 saturated carbocycles. The average Bonchev–Trinajstić information content (AvgIpc) is 3.16.